The summed E-state index contributed by atoms with van der Waals surface area (Å²) in [5.41, 5.74) is 0. The predicted molar refractivity (Wildman–Crippen MR) is 66.3 cm³/mol. The molecule has 0 saturated carbocycles. The van der Waals surface area contributed by atoms with E-state index in [4.69, 9.17) is 9.84 Å². The molecule has 0 unspecified atom stereocenters. The van der Waals surface area contributed by atoms with Crippen LogP contribution in [0.1, 0.15) is 40.0 Å². The molecule has 0 heterocycles. The fraction of sp³-hybridized carbons (Fsp3) is 1.00. The first-order valence-corrected chi connectivity index (χ1v) is 6.18. The highest BCUT2D eigenvalue weighted by Gasteiger charge is 1.96. The van der Waals surface area contributed by atoms with Gasteiger partial charge in [0.15, 0.2) is 0 Å². The molecule has 0 spiro atoms. The van der Waals surface area contributed by atoms with Crippen molar-refractivity contribution < 1.29 is 9.84 Å². The molecular weight excluding hydrogens is 190 g/mol. The maximum absolute atomic E-state index is 8.50. The van der Waals surface area contributed by atoms with Crippen molar-refractivity contribution in [3.05, 3.63) is 0 Å². The maximum Gasteiger partial charge on any atom is 0.0593 e. The zero-order valence-corrected chi connectivity index (χ0v) is 11.0. The predicted octanol–water partition coefficient (Wildman–Crippen LogP) is 2.14. The Morgan fingerprint density at radius 1 is 1.07 bits per heavy atom. The van der Waals surface area contributed by atoms with Crippen LogP contribution >= 0.6 is 0 Å². The van der Waals surface area contributed by atoms with Gasteiger partial charge in [-0.15, -0.1) is 0 Å². The van der Waals surface area contributed by atoms with Crippen molar-refractivity contribution in [1.29, 1.82) is 0 Å². The molecule has 3 heteroatoms. The number of aliphatic hydroxyl groups excluding tert-OH is 1. The van der Waals surface area contributed by atoms with Gasteiger partial charge in [0.1, 0.15) is 0 Å². The van der Waals surface area contributed by atoms with Crippen LogP contribution in [0.3, 0.4) is 0 Å². The van der Waals surface area contributed by atoms with Gasteiger partial charge in [-0.2, -0.15) is 0 Å². The number of aliphatic hydroxyl groups is 1. The van der Waals surface area contributed by atoms with Gasteiger partial charge in [0.25, 0.3) is 0 Å². The second-order valence-electron chi connectivity index (χ2n) is 3.35. The van der Waals surface area contributed by atoms with Crippen molar-refractivity contribution >= 4 is 0 Å². The standard InChI is InChI=1S/C10H23NO2.C2H6/c1-3-4-6-11(2)7-10-13-9-5-8-12;1-2/h12H,3-10H2,1-2H3;1-2H3. The molecule has 0 aliphatic rings. The summed E-state index contributed by atoms with van der Waals surface area (Å²) in [7, 11) is 2.12. The van der Waals surface area contributed by atoms with E-state index in [-0.39, 0.29) is 6.61 Å². The van der Waals surface area contributed by atoms with E-state index in [0.717, 1.165) is 26.1 Å². The van der Waals surface area contributed by atoms with E-state index in [1.165, 1.54) is 12.8 Å². The van der Waals surface area contributed by atoms with Gasteiger partial charge < -0.3 is 14.7 Å². The van der Waals surface area contributed by atoms with Crippen molar-refractivity contribution in [3.8, 4) is 0 Å². The van der Waals surface area contributed by atoms with Crippen molar-refractivity contribution in [1.82, 2.24) is 4.90 Å². The summed E-state index contributed by atoms with van der Waals surface area (Å²) >= 11 is 0. The van der Waals surface area contributed by atoms with Crippen LogP contribution in [0, 0.1) is 0 Å². The molecule has 0 aromatic heterocycles. The summed E-state index contributed by atoms with van der Waals surface area (Å²) in [6.45, 7) is 10.0. The van der Waals surface area contributed by atoms with Crippen LogP contribution in [0.2, 0.25) is 0 Å². The largest absolute Gasteiger partial charge is 0.396 e. The Morgan fingerprint density at radius 2 is 1.73 bits per heavy atom. The molecule has 0 bridgehead atoms. The molecule has 0 aliphatic heterocycles. The van der Waals surface area contributed by atoms with Gasteiger partial charge in [-0.3, -0.25) is 0 Å². The first-order valence-electron chi connectivity index (χ1n) is 6.18. The third-order valence-corrected chi connectivity index (χ3v) is 1.96. The number of rotatable bonds is 9. The summed E-state index contributed by atoms with van der Waals surface area (Å²) < 4.78 is 5.32. The summed E-state index contributed by atoms with van der Waals surface area (Å²) in [6, 6.07) is 0. The third kappa shape index (κ3) is 16.5. The Kier molecular flexibility index (Phi) is 18.8. The number of hydrogen-bond acceptors (Lipinski definition) is 3. The zero-order chi connectivity index (χ0) is 11.9. The minimum Gasteiger partial charge on any atom is -0.396 e. The summed E-state index contributed by atoms with van der Waals surface area (Å²) in [4.78, 5) is 2.28. The number of ether oxygens (including phenoxy) is 1. The van der Waals surface area contributed by atoms with Crippen molar-refractivity contribution in [2.45, 2.75) is 40.0 Å². The van der Waals surface area contributed by atoms with E-state index < -0.39 is 0 Å². The minimum absolute atomic E-state index is 0.228. The molecular formula is C12H29NO2. The van der Waals surface area contributed by atoms with Gasteiger partial charge >= 0.3 is 0 Å². The highest BCUT2D eigenvalue weighted by atomic mass is 16.5. The molecule has 0 radical (unpaired) electrons. The van der Waals surface area contributed by atoms with Gasteiger partial charge in [0.2, 0.25) is 0 Å². The first-order chi connectivity index (χ1) is 7.31. The summed E-state index contributed by atoms with van der Waals surface area (Å²) in [5.74, 6) is 0. The second-order valence-corrected chi connectivity index (χ2v) is 3.35. The Bertz CT molecular complexity index is 99.6. The normalized spacial score (nSPS) is 10.0. The van der Waals surface area contributed by atoms with E-state index in [1.54, 1.807) is 0 Å². The lowest BCUT2D eigenvalue weighted by Gasteiger charge is -2.15. The Morgan fingerprint density at radius 3 is 2.27 bits per heavy atom. The van der Waals surface area contributed by atoms with Crippen LogP contribution in [0.25, 0.3) is 0 Å². The van der Waals surface area contributed by atoms with Crippen LogP contribution in [0.5, 0.6) is 0 Å². The van der Waals surface area contributed by atoms with Crippen molar-refractivity contribution in [2.75, 3.05) is 40.0 Å². The van der Waals surface area contributed by atoms with E-state index in [2.05, 4.69) is 18.9 Å². The molecule has 0 aromatic carbocycles. The van der Waals surface area contributed by atoms with E-state index >= 15 is 0 Å². The number of hydrogen-bond donors (Lipinski definition) is 1. The quantitative estimate of drug-likeness (QED) is 0.603. The lowest BCUT2D eigenvalue weighted by molar-refractivity contribution is 0.0977. The van der Waals surface area contributed by atoms with Crippen molar-refractivity contribution in [2.24, 2.45) is 0 Å². The molecule has 0 saturated heterocycles. The Balaban J connectivity index is 0. The van der Waals surface area contributed by atoms with Gasteiger partial charge in [0, 0.05) is 19.8 Å². The third-order valence-electron chi connectivity index (χ3n) is 1.96. The van der Waals surface area contributed by atoms with Crippen LogP contribution < -0.4 is 0 Å². The fourth-order valence-corrected chi connectivity index (χ4v) is 1.03. The van der Waals surface area contributed by atoms with E-state index in [0.29, 0.717) is 6.61 Å². The smallest absolute Gasteiger partial charge is 0.0593 e. The van der Waals surface area contributed by atoms with Gasteiger partial charge in [-0.25, -0.2) is 0 Å². The molecule has 3 nitrogen and oxygen atoms in total. The highest BCUT2D eigenvalue weighted by Crippen LogP contribution is 1.91. The summed E-state index contributed by atoms with van der Waals surface area (Å²) in [6.07, 6.45) is 3.25. The molecule has 0 amide bonds. The maximum atomic E-state index is 8.50. The van der Waals surface area contributed by atoms with Crippen LogP contribution in [0.15, 0.2) is 0 Å². The van der Waals surface area contributed by atoms with Gasteiger partial charge in [0.05, 0.1) is 6.61 Å². The number of nitrogens with zero attached hydrogens (tertiary/aromatic N) is 1. The highest BCUT2D eigenvalue weighted by molar-refractivity contribution is 4.49. The SMILES string of the molecule is CC.CCCCN(C)CCOCCCO. The second kappa shape index (κ2) is 16.3. The van der Waals surface area contributed by atoms with Crippen LogP contribution in [0.4, 0.5) is 0 Å². The zero-order valence-electron chi connectivity index (χ0n) is 11.0. The number of unbranched alkanes of at least 4 members (excludes halogenated alkanes) is 1. The van der Waals surface area contributed by atoms with Gasteiger partial charge in [-0.05, 0) is 26.4 Å². The average molecular weight is 219 g/mol. The number of likely N-dealkylation sites (N-methyl/N-ethyl adjacent to an activating group) is 1. The van der Waals surface area contributed by atoms with Crippen LogP contribution in [-0.2, 0) is 4.74 Å². The van der Waals surface area contributed by atoms with E-state index in [1.807, 2.05) is 13.8 Å². The molecule has 15 heavy (non-hydrogen) atoms. The lowest BCUT2D eigenvalue weighted by Crippen LogP contribution is -2.24. The monoisotopic (exact) mass is 219 g/mol. The van der Waals surface area contributed by atoms with Crippen LogP contribution in [-0.4, -0.2) is 50.0 Å². The first kappa shape index (κ1) is 17.3. The minimum atomic E-state index is 0.228. The van der Waals surface area contributed by atoms with Crippen molar-refractivity contribution in [3.63, 3.8) is 0 Å². The average Bonchev–Trinajstić information content (AvgIpc) is 2.29. The molecule has 0 aromatic rings. The Hall–Kier alpha value is -0.120. The molecule has 0 fully saturated rings. The topological polar surface area (TPSA) is 32.7 Å². The lowest BCUT2D eigenvalue weighted by atomic mass is 10.3. The molecule has 1 N–H and O–H groups in total. The molecule has 0 rings (SSSR count). The Labute approximate surface area is 95.4 Å². The summed E-state index contributed by atoms with van der Waals surface area (Å²) in [5, 5.41) is 8.50. The molecule has 94 valence electrons. The molecule has 0 atom stereocenters. The molecule has 0 aliphatic carbocycles. The van der Waals surface area contributed by atoms with Gasteiger partial charge in [-0.1, -0.05) is 27.2 Å². The van der Waals surface area contributed by atoms with E-state index in [9.17, 15) is 0 Å². The fourth-order valence-electron chi connectivity index (χ4n) is 1.03.